The number of imidazole rings is 1. The Morgan fingerprint density at radius 1 is 1.00 bits per heavy atom. The Balaban J connectivity index is 1.46. The Bertz CT molecular complexity index is 1620. The number of piperazine rings is 1. The van der Waals surface area contributed by atoms with Crippen molar-refractivity contribution in [2.45, 2.75) is 59.2 Å². The topological polar surface area (TPSA) is 105 Å². The number of carbonyl (C=O) groups is 2. The zero-order valence-corrected chi connectivity index (χ0v) is 23.2. The van der Waals surface area contributed by atoms with Crippen LogP contribution in [-0.2, 0) is 4.74 Å². The highest BCUT2D eigenvalue weighted by Crippen LogP contribution is 2.33. The Labute approximate surface area is 230 Å². The molecule has 1 saturated heterocycles. The highest BCUT2D eigenvalue weighted by Gasteiger charge is 2.37. The van der Waals surface area contributed by atoms with Crippen molar-refractivity contribution < 1.29 is 23.1 Å². The number of aryl methyl sites for hydroxylation is 1. The largest absolute Gasteiger partial charge is 0.444 e. The van der Waals surface area contributed by atoms with Crippen molar-refractivity contribution in [3.8, 4) is 0 Å². The van der Waals surface area contributed by atoms with Crippen molar-refractivity contribution in [1.29, 1.82) is 0 Å². The van der Waals surface area contributed by atoms with Crippen LogP contribution in [0.25, 0.3) is 16.7 Å². The van der Waals surface area contributed by atoms with Gasteiger partial charge in [-0.15, -0.1) is 0 Å². The summed E-state index contributed by atoms with van der Waals surface area (Å²) < 4.78 is 37.3. The normalized spacial score (nSPS) is 17.9. The second-order valence-corrected chi connectivity index (χ2v) is 11.1. The number of halogens is 2. The number of benzene rings is 1. The molecule has 1 aliphatic heterocycles. The second kappa shape index (κ2) is 10.00. The third-order valence-electron chi connectivity index (χ3n) is 6.66. The van der Waals surface area contributed by atoms with Crippen molar-refractivity contribution in [2.75, 3.05) is 23.3 Å². The summed E-state index contributed by atoms with van der Waals surface area (Å²) in [6, 6.07) is 1.91. The van der Waals surface area contributed by atoms with Crippen molar-refractivity contribution in [1.82, 2.24) is 24.3 Å². The number of amides is 2. The lowest BCUT2D eigenvalue weighted by atomic mass is 10.0. The monoisotopic (exact) mass is 551 g/mol. The quantitative estimate of drug-likeness (QED) is 0.384. The molecule has 0 radical (unpaired) electrons. The number of pyridine rings is 1. The van der Waals surface area contributed by atoms with Crippen LogP contribution in [0.15, 0.2) is 36.9 Å². The first-order valence-electron chi connectivity index (χ1n) is 13.0. The number of anilines is 2. The zero-order valence-electron chi connectivity index (χ0n) is 23.2. The lowest BCUT2D eigenvalue weighted by Crippen LogP contribution is -2.59. The van der Waals surface area contributed by atoms with Crippen molar-refractivity contribution in [2.24, 2.45) is 0 Å². The first-order valence-corrected chi connectivity index (χ1v) is 13.0. The standard InChI is InChI=1S/C28H31F2N7O3/c1-15-11-36-14-18(9-20(30)25(36)33-15)34-26(38)22-19(29)10-21(23-24(22)32-8-7-31-23)35-12-16(2)37(17(3)13-35)27(39)40-28(4,5)6/h7-11,14,16-17H,12-13H2,1-6H3,(H,34,38)/t16-,17?/m0/s1. The van der Waals surface area contributed by atoms with Gasteiger partial charge in [-0.05, 0) is 41.5 Å². The van der Waals surface area contributed by atoms with Crippen molar-refractivity contribution in [3.63, 3.8) is 0 Å². The van der Waals surface area contributed by atoms with Gasteiger partial charge in [0.05, 0.1) is 29.2 Å². The van der Waals surface area contributed by atoms with Gasteiger partial charge < -0.3 is 19.4 Å². The van der Waals surface area contributed by atoms with Crippen LogP contribution in [0.2, 0.25) is 0 Å². The van der Waals surface area contributed by atoms with E-state index >= 15 is 4.39 Å². The molecule has 1 N–H and O–H groups in total. The van der Waals surface area contributed by atoms with Crippen molar-refractivity contribution >= 4 is 40.1 Å². The number of nitrogens with zero attached hydrogens (tertiary/aromatic N) is 6. The van der Waals surface area contributed by atoms with Gasteiger partial charge in [0.15, 0.2) is 11.5 Å². The average Bonchev–Trinajstić information content (AvgIpc) is 3.22. The molecule has 4 aromatic rings. The van der Waals surface area contributed by atoms with E-state index in [2.05, 4.69) is 20.3 Å². The molecule has 0 aliphatic carbocycles. The molecule has 2 amide bonds. The van der Waals surface area contributed by atoms with Gasteiger partial charge in [0.2, 0.25) is 0 Å². The van der Waals surface area contributed by atoms with Crippen LogP contribution >= 0.6 is 0 Å². The van der Waals surface area contributed by atoms with Crippen LogP contribution in [0, 0.1) is 18.6 Å². The number of carbonyl (C=O) groups excluding carboxylic acids is 2. The van der Waals surface area contributed by atoms with Gasteiger partial charge in [-0.3, -0.25) is 19.7 Å². The van der Waals surface area contributed by atoms with Crippen molar-refractivity contribution in [3.05, 3.63) is 59.8 Å². The third-order valence-corrected chi connectivity index (χ3v) is 6.66. The molecule has 12 heteroatoms. The lowest BCUT2D eigenvalue weighted by molar-refractivity contribution is 0.00566. The molecular weight excluding hydrogens is 520 g/mol. The molecule has 1 unspecified atom stereocenters. The summed E-state index contributed by atoms with van der Waals surface area (Å²) in [6.45, 7) is 11.8. The lowest BCUT2D eigenvalue weighted by Gasteiger charge is -2.45. The van der Waals surface area contributed by atoms with Crippen LogP contribution < -0.4 is 10.2 Å². The number of fused-ring (bicyclic) bond motifs is 2. The minimum absolute atomic E-state index is 0.0740. The van der Waals surface area contributed by atoms with Crippen LogP contribution in [-0.4, -0.2) is 67.0 Å². The fourth-order valence-electron chi connectivity index (χ4n) is 5.17. The van der Waals surface area contributed by atoms with E-state index < -0.39 is 29.2 Å². The fourth-order valence-corrected chi connectivity index (χ4v) is 5.17. The number of rotatable bonds is 3. The van der Waals surface area contributed by atoms with Gasteiger partial charge in [-0.25, -0.2) is 18.6 Å². The molecule has 1 fully saturated rings. The molecule has 10 nitrogen and oxygen atoms in total. The second-order valence-electron chi connectivity index (χ2n) is 11.1. The summed E-state index contributed by atoms with van der Waals surface area (Å²) in [4.78, 5) is 42.6. The van der Waals surface area contributed by atoms with E-state index in [-0.39, 0.29) is 34.5 Å². The van der Waals surface area contributed by atoms with Gasteiger partial charge in [-0.1, -0.05) is 0 Å². The molecule has 1 aromatic carbocycles. The maximum atomic E-state index is 15.7. The average molecular weight is 552 g/mol. The predicted molar refractivity (Wildman–Crippen MR) is 147 cm³/mol. The summed E-state index contributed by atoms with van der Waals surface area (Å²) in [5, 5.41) is 2.58. The van der Waals surface area contributed by atoms with E-state index in [9.17, 15) is 14.0 Å². The molecule has 2 atom stereocenters. The number of hydrogen-bond acceptors (Lipinski definition) is 7. The number of aromatic nitrogens is 4. The molecular formula is C28H31F2N7O3. The highest BCUT2D eigenvalue weighted by atomic mass is 19.1. The molecule has 210 valence electrons. The Morgan fingerprint density at radius 3 is 2.30 bits per heavy atom. The Morgan fingerprint density at radius 2 is 1.65 bits per heavy atom. The Kier molecular flexibility index (Phi) is 6.80. The number of ether oxygens (including phenoxy) is 1. The molecule has 1 aliphatic rings. The van der Waals surface area contributed by atoms with Crippen LogP contribution in [0.4, 0.5) is 25.0 Å². The van der Waals surface area contributed by atoms with Crippen LogP contribution in [0.5, 0.6) is 0 Å². The molecule has 40 heavy (non-hydrogen) atoms. The zero-order chi connectivity index (χ0) is 28.9. The Hall–Kier alpha value is -4.35. The fraction of sp³-hybridized carbons (Fsp3) is 0.393. The maximum absolute atomic E-state index is 15.7. The highest BCUT2D eigenvalue weighted by molar-refractivity contribution is 6.13. The van der Waals surface area contributed by atoms with Gasteiger partial charge in [0.25, 0.3) is 5.91 Å². The van der Waals surface area contributed by atoms with Gasteiger partial charge in [0.1, 0.15) is 28.0 Å². The summed E-state index contributed by atoms with van der Waals surface area (Å²) >= 11 is 0. The van der Waals surface area contributed by atoms with Gasteiger partial charge >= 0.3 is 6.09 Å². The van der Waals surface area contributed by atoms with Crippen LogP contribution in [0.3, 0.4) is 0 Å². The third kappa shape index (κ3) is 5.13. The van der Waals surface area contributed by atoms with Gasteiger partial charge in [0, 0.05) is 50.0 Å². The molecule has 3 aromatic heterocycles. The summed E-state index contributed by atoms with van der Waals surface area (Å²) in [5.41, 5.74) is 0.806. The smallest absolute Gasteiger partial charge is 0.410 e. The van der Waals surface area contributed by atoms with E-state index in [1.807, 2.05) is 39.5 Å². The summed E-state index contributed by atoms with van der Waals surface area (Å²) in [7, 11) is 0. The molecule has 0 saturated carbocycles. The minimum Gasteiger partial charge on any atom is -0.444 e. The first kappa shape index (κ1) is 27.2. The SMILES string of the molecule is Cc1cn2cc(NC(=O)c3c(F)cc(N4CC(C)N(C(=O)OC(C)(C)C)[C@@H](C)C4)c4nccnc34)cc(F)c2n1. The number of nitrogens with one attached hydrogen (secondary N) is 1. The predicted octanol–water partition coefficient (Wildman–Crippen LogP) is 4.95. The minimum atomic E-state index is -0.796. The van der Waals surface area contributed by atoms with Gasteiger partial charge in [-0.2, -0.15) is 0 Å². The molecule has 4 heterocycles. The van der Waals surface area contributed by atoms with E-state index in [0.29, 0.717) is 30.0 Å². The van der Waals surface area contributed by atoms with E-state index in [1.165, 1.54) is 29.1 Å². The summed E-state index contributed by atoms with van der Waals surface area (Å²) in [6.07, 6.45) is 5.57. The van der Waals surface area contributed by atoms with Crippen LogP contribution in [0.1, 0.15) is 50.7 Å². The first-order chi connectivity index (χ1) is 18.8. The van der Waals surface area contributed by atoms with E-state index in [4.69, 9.17) is 4.74 Å². The van der Waals surface area contributed by atoms with E-state index in [1.54, 1.807) is 18.0 Å². The molecule has 0 bridgehead atoms. The molecule has 0 spiro atoms. The summed E-state index contributed by atoms with van der Waals surface area (Å²) in [5.74, 6) is -2.21. The van der Waals surface area contributed by atoms with E-state index in [0.717, 1.165) is 6.07 Å². The maximum Gasteiger partial charge on any atom is 0.410 e. The molecule has 5 rings (SSSR count). The number of hydrogen-bond donors (Lipinski definition) is 1.